The Morgan fingerprint density at radius 2 is 2.05 bits per heavy atom. The third kappa shape index (κ3) is 4.35. The molecule has 4 nitrogen and oxygen atoms in total. The number of hydrogen-bond acceptors (Lipinski definition) is 2. The van der Waals surface area contributed by atoms with Crippen LogP contribution in [0.2, 0.25) is 5.02 Å². The summed E-state index contributed by atoms with van der Waals surface area (Å²) in [5.41, 5.74) is 1.49. The molecule has 0 unspecified atom stereocenters. The van der Waals surface area contributed by atoms with Crippen molar-refractivity contribution in [2.45, 2.75) is 39.0 Å². The molecule has 0 aliphatic heterocycles. The van der Waals surface area contributed by atoms with Gasteiger partial charge in [0.25, 0.3) is 0 Å². The molecule has 0 heterocycles. The van der Waals surface area contributed by atoms with Crippen LogP contribution in [-0.2, 0) is 0 Å². The number of anilines is 1. The van der Waals surface area contributed by atoms with E-state index in [2.05, 4.69) is 10.6 Å². The van der Waals surface area contributed by atoms with Gasteiger partial charge in [-0.25, -0.2) is 4.79 Å². The van der Waals surface area contributed by atoms with Gasteiger partial charge in [-0.1, -0.05) is 36.9 Å². The Hall–Kier alpha value is -1.26. The summed E-state index contributed by atoms with van der Waals surface area (Å²) in [5, 5.41) is 15.9. The maximum absolute atomic E-state index is 12.0. The summed E-state index contributed by atoms with van der Waals surface area (Å²) in [6.45, 7) is 2.55. The minimum Gasteiger partial charge on any atom is -0.396 e. The van der Waals surface area contributed by atoms with E-state index in [4.69, 9.17) is 11.6 Å². The third-order valence-corrected chi connectivity index (χ3v) is 4.71. The molecule has 0 bridgehead atoms. The summed E-state index contributed by atoms with van der Waals surface area (Å²) < 4.78 is 0. The van der Waals surface area contributed by atoms with Gasteiger partial charge in [0.2, 0.25) is 0 Å². The SMILES string of the molecule is Cc1ccc(NC(=O)NCC2(CO)CCCCC2)cc1Cl. The second kappa shape index (κ2) is 7.14. The Labute approximate surface area is 130 Å². The van der Waals surface area contributed by atoms with Gasteiger partial charge in [-0.05, 0) is 37.5 Å². The average Bonchev–Trinajstić information content (AvgIpc) is 2.50. The molecule has 0 spiro atoms. The number of amides is 2. The van der Waals surface area contributed by atoms with E-state index in [1.165, 1.54) is 6.42 Å². The van der Waals surface area contributed by atoms with Gasteiger partial charge in [0.15, 0.2) is 0 Å². The molecule has 1 aromatic rings. The van der Waals surface area contributed by atoms with E-state index in [0.717, 1.165) is 31.2 Å². The molecule has 2 amide bonds. The molecule has 0 radical (unpaired) electrons. The molecule has 2 rings (SSSR count). The lowest BCUT2D eigenvalue weighted by molar-refractivity contribution is 0.0840. The van der Waals surface area contributed by atoms with E-state index in [9.17, 15) is 9.90 Å². The molecular weight excluding hydrogens is 288 g/mol. The Kier molecular flexibility index (Phi) is 5.48. The van der Waals surface area contributed by atoms with Crippen molar-refractivity contribution in [2.75, 3.05) is 18.5 Å². The van der Waals surface area contributed by atoms with Crippen LogP contribution in [0.3, 0.4) is 0 Å². The molecule has 1 aromatic carbocycles. The van der Waals surface area contributed by atoms with Gasteiger partial charge >= 0.3 is 6.03 Å². The molecule has 0 aromatic heterocycles. The predicted molar refractivity (Wildman–Crippen MR) is 85.8 cm³/mol. The first-order valence-corrected chi connectivity index (χ1v) is 7.84. The number of aliphatic hydroxyl groups excluding tert-OH is 1. The Balaban J connectivity index is 1.87. The van der Waals surface area contributed by atoms with E-state index in [1.54, 1.807) is 6.07 Å². The fraction of sp³-hybridized carbons (Fsp3) is 0.562. The largest absolute Gasteiger partial charge is 0.396 e. The van der Waals surface area contributed by atoms with Crippen molar-refractivity contribution in [3.8, 4) is 0 Å². The van der Waals surface area contributed by atoms with Gasteiger partial charge in [-0.15, -0.1) is 0 Å². The topological polar surface area (TPSA) is 61.4 Å². The normalized spacial score (nSPS) is 17.3. The lowest BCUT2D eigenvalue weighted by Crippen LogP contribution is -2.42. The smallest absolute Gasteiger partial charge is 0.319 e. The van der Waals surface area contributed by atoms with Gasteiger partial charge < -0.3 is 15.7 Å². The van der Waals surface area contributed by atoms with Gasteiger partial charge in [0.05, 0.1) is 6.61 Å². The van der Waals surface area contributed by atoms with Crippen LogP contribution in [0.1, 0.15) is 37.7 Å². The number of rotatable bonds is 4. The molecule has 1 fully saturated rings. The zero-order chi connectivity index (χ0) is 15.3. The zero-order valence-corrected chi connectivity index (χ0v) is 13.2. The van der Waals surface area contributed by atoms with Gasteiger partial charge in [-0.2, -0.15) is 0 Å². The third-order valence-electron chi connectivity index (χ3n) is 4.30. The molecule has 1 saturated carbocycles. The van der Waals surface area contributed by atoms with Crippen LogP contribution in [-0.4, -0.2) is 24.3 Å². The number of carbonyl (C=O) groups excluding carboxylic acids is 1. The van der Waals surface area contributed by atoms with Crippen molar-refractivity contribution in [3.05, 3.63) is 28.8 Å². The lowest BCUT2D eigenvalue weighted by atomic mass is 9.74. The van der Waals surface area contributed by atoms with E-state index < -0.39 is 0 Å². The fourth-order valence-electron chi connectivity index (χ4n) is 2.81. The second-order valence-corrected chi connectivity index (χ2v) is 6.40. The zero-order valence-electron chi connectivity index (χ0n) is 12.4. The standard InChI is InChI=1S/C16H23ClN2O2/c1-12-5-6-13(9-14(12)17)19-15(21)18-10-16(11-20)7-3-2-4-8-16/h5-6,9,20H,2-4,7-8,10-11H2,1H3,(H2,18,19,21). The highest BCUT2D eigenvalue weighted by Gasteiger charge is 2.31. The van der Waals surface area contributed by atoms with Gasteiger partial charge in [0.1, 0.15) is 0 Å². The monoisotopic (exact) mass is 310 g/mol. The predicted octanol–water partition coefficient (Wildman–Crippen LogP) is 3.71. The van der Waals surface area contributed by atoms with Crippen LogP contribution in [0.5, 0.6) is 0 Å². The van der Waals surface area contributed by atoms with Crippen molar-refractivity contribution in [1.82, 2.24) is 5.32 Å². The van der Waals surface area contributed by atoms with Crippen LogP contribution in [0.25, 0.3) is 0 Å². The Morgan fingerprint density at radius 1 is 1.33 bits per heavy atom. The number of halogens is 1. The first-order chi connectivity index (χ1) is 10.0. The van der Waals surface area contributed by atoms with Gasteiger partial charge in [0, 0.05) is 22.7 Å². The van der Waals surface area contributed by atoms with Crippen LogP contribution >= 0.6 is 11.6 Å². The maximum atomic E-state index is 12.0. The number of carbonyl (C=O) groups is 1. The summed E-state index contributed by atoms with van der Waals surface area (Å²) in [7, 11) is 0. The maximum Gasteiger partial charge on any atom is 0.319 e. The average molecular weight is 311 g/mol. The van der Waals surface area contributed by atoms with E-state index in [0.29, 0.717) is 17.3 Å². The summed E-state index contributed by atoms with van der Waals surface area (Å²) in [6, 6.07) is 5.17. The van der Waals surface area contributed by atoms with Crippen molar-refractivity contribution < 1.29 is 9.90 Å². The second-order valence-electron chi connectivity index (χ2n) is 5.99. The minimum absolute atomic E-state index is 0.129. The molecular formula is C16H23ClN2O2. The summed E-state index contributed by atoms with van der Waals surface area (Å²) in [4.78, 5) is 12.0. The van der Waals surface area contributed by atoms with Crippen molar-refractivity contribution in [1.29, 1.82) is 0 Å². The molecule has 5 heteroatoms. The lowest BCUT2D eigenvalue weighted by Gasteiger charge is -2.35. The van der Waals surface area contributed by atoms with Crippen LogP contribution in [0.15, 0.2) is 18.2 Å². The molecule has 1 aliphatic rings. The number of nitrogens with one attached hydrogen (secondary N) is 2. The summed E-state index contributed by atoms with van der Waals surface area (Å²) in [5.74, 6) is 0. The summed E-state index contributed by atoms with van der Waals surface area (Å²) in [6.07, 6.45) is 5.41. The first kappa shape index (κ1) is 16.1. The molecule has 3 N–H and O–H groups in total. The van der Waals surface area contributed by atoms with E-state index >= 15 is 0 Å². The summed E-state index contributed by atoms with van der Waals surface area (Å²) >= 11 is 6.04. The van der Waals surface area contributed by atoms with Crippen molar-refractivity contribution in [3.63, 3.8) is 0 Å². The number of benzene rings is 1. The van der Waals surface area contributed by atoms with E-state index in [-0.39, 0.29) is 18.1 Å². The molecule has 0 atom stereocenters. The fourth-order valence-corrected chi connectivity index (χ4v) is 2.99. The number of aliphatic hydroxyl groups is 1. The Morgan fingerprint density at radius 3 is 2.67 bits per heavy atom. The number of urea groups is 1. The number of aryl methyl sites for hydroxylation is 1. The number of hydrogen-bond donors (Lipinski definition) is 3. The van der Waals surface area contributed by atoms with Crippen LogP contribution in [0.4, 0.5) is 10.5 Å². The van der Waals surface area contributed by atoms with Gasteiger partial charge in [-0.3, -0.25) is 0 Å². The highest BCUT2D eigenvalue weighted by molar-refractivity contribution is 6.31. The van der Waals surface area contributed by atoms with Crippen molar-refractivity contribution >= 4 is 23.3 Å². The van der Waals surface area contributed by atoms with Crippen LogP contribution < -0.4 is 10.6 Å². The van der Waals surface area contributed by atoms with Crippen molar-refractivity contribution in [2.24, 2.45) is 5.41 Å². The highest BCUT2D eigenvalue weighted by Crippen LogP contribution is 2.35. The molecule has 1 aliphatic carbocycles. The minimum atomic E-state index is -0.256. The highest BCUT2D eigenvalue weighted by atomic mass is 35.5. The molecule has 116 valence electrons. The molecule has 21 heavy (non-hydrogen) atoms. The van der Waals surface area contributed by atoms with Crippen LogP contribution in [0, 0.1) is 12.3 Å². The first-order valence-electron chi connectivity index (χ1n) is 7.47. The quantitative estimate of drug-likeness (QED) is 0.794. The Bertz CT molecular complexity index is 499. The molecule has 0 saturated heterocycles. The van der Waals surface area contributed by atoms with E-state index in [1.807, 2.05) is 19.1 Å².